The molecular weight excluding hydrogens is 234 g/mol. The number of aldehydes is 1. The van der Waals surface area contributed by atoms with Gasteiger partial charge in [0.2, 0.25) is 0 Å². The lowest BCUT2D eigenvalue weighted by Gasteiger charge is -2.05. The van der Waals surface area contributed by atoms with E-state index in [0.29, 0.717) is 24.2 Å². The lowest BCUT2D eigenvalue weighted by molar-refractivity contribution is -0.385. The second-order valence-electron chi connectivity index (χ2n) is 2.99. The van der Waals surface area contributed by atoms with Crippen LogP contribution >= 0.6 is 11.6 Å². The SMILES string of the molecule is O=Cc1ccc([N+](=O)[O-])c(OCCCCl)c1. The topological polar surface area (TPSA) is 69.4 Å². The second kappa shape index (κ2) is 6.07. The predicted octanol–water partition coefficient (Wildman–Crippen LogP) is 2.42. The van der Waals surface area contributed by atoms with Gasteiger partial charge >= 0.3 is 5.69 Å². The molecule has 0 aromatic heterocycles. The Morgan fingerprint density at radius 2 is 2.25 bits per heavy atom. The average Bonchev–Trinajstić information content (AvgIpc) is 2.29. The van der Waals surface area contributed by atoms with Gasteiger partial charge in [0.15, 0.2) is 5.75 Å². The van der Waals surface area contributed by atoms with Crippen LogP contribution in [0, 0.1) is 10.1 Å². The van der Waals surface area contributed by atoms with Gasteiger partial charge in [-0.1, -0.05) is 0 Å². The number of nitro benzene ring substituents is 1. The molecule has 86 valence electrons. The summed E-state index contributed by atoms with van der Waals surface area (Å²) < 4.78 is 5.20. The molecule has 5 nitrogen and oxygen atoms in total. The van der Waals surface area contributed by atoms with Gasteiger partial charge in [0.1, 0.15) is 6.29 Å². The van der Waals surface area contributed by atoms with E-state index in [1.54, 1.807) is 0 Å². The highest BCUT2D eigenvalue weighted by molar-refractivity contribution is 6.17. The first-order valence-electron chi connectivity index (χ1n) is 4.61. The molecule has 0 saturated heterocycles. The zero-order chi connectivity index (χ0) is 12.0. The third-order valence-corrected chi connectivity index (χ3v) is 2.12. The number of benzene rings is 1. The highest BCUT2D eigenvalue weighted by Crippen LogP contribution is 2.27. The number of halogens is 1. The molecule has 16 heavy (non-hydrogen) atoms. The number of carbonyl (C=O) groups is 1. The number of hydrogen-bond donors (Lipinski definition) is 0. The number of alkyl halides is 1. The van der Waals surface area contributed by atoms with E-state index in [2.05, 4.69) is 0 Å². The van der Waals surface area contributed by atoms with Crippen molar-refractivity contribution in [2.45, 2.75) is 6.42 Å². The van der Waals surface area contributed by atoms with E-state index in [0.717, 1.165) is 0 Å². The van der Waals surface area contributed by atoms with Gasteiger partial charge in [-0.15, -0.1) is 11.6 Å². The van der Waals surface area contributed by atoms with E-state index < -0.39 is 4.92 Å². The van der Waals surface area contributed by atoms with Gasteiger partial charge < -0.3 is 4.74 Å². The molecule has 0 bridgehead atoms. The summed E-state index contributed by atoms with van der Waals surface area (Å²) in [5.74, 6) is 0.515. The summed E-state index contributed by atoms with van der Waals surface area (Å²) in [6.45, 7) is 0.284. The van der Waals surface area contributed by atoms with Gasteiger partial charge in [-0.25, -0.2) is 0 Å². The fourth-order valence-electron chi connectivity index (χ4n) is 1.11. The van der Waals surface area contributed by atoms with Crippen LogP contribution in [0.4, 0.5) is 5.69 Å². The van der Waals surface area contributed by atoms with E-state index in [9.17, 15) is 14.9 Å². The molecule has 0 radical (unpaired) electrons. The van der Waals surface area contributed by atoms with Crippen molar-refractivity contribution in [3.63, 3.8) is 0 Å². The number of rotatable bonds is 6. The third kappa shape index (κ3) is 3.20. The Bertz CT molecular complexity index is 394. The number of carbonyl (C=O) groups excluding carboxylic acids is 1. The van der Waals surface area contributed by atoms with Crippen molar-refractivity contribution < 1.29 is 14.5 Å². The van der Waals surface area contributed by atoms with Gasteiger partial charge in [-0.3, -0.25) is 14.9 Å². The van der Waals surface area contributed by atoms with Crippen LogP contribution in [0.2, 0.25) is 0 Å². The first-order chi connectivity index (χ1) is 7.69. The first-order valence-corrected chi connectivity index (χ1v) is 5.15. The van der Waals surface area contributed by atoms with Gasteiger partial charge in [0.05, 0.1) is 11.5 Å². The Balaban J connectivity index is 2.91. The van der Waals surface area contributed by atoms with Crippen molar-refractivity contribution in [3.05, 3.63) is 33.9 Å². The number of ether oxygens (including phenoxy) is 1. The molecule has 0 heterocycles. The molecule has 0 atom stereocenters. The van der Waals surface area contributed by atoms with Gasteiger partial charge in [-0.05, 0) is 18.6 Å². The van der Waals surface area contributed by atoms with Gasteiger partial charge in [-0.2, -0.15) is 0 Å². The van der Waals surface area contributed by atoms with Crippen molar-refractivity contribution in [2.24, 2.45) is 0 Å². The summed E-state index contributed by atoms with van der Waals surface area (Å²) in [7, 11) is 0. The summed E-state index contributed by atoms with van der Waals surface area (Å²) in [5.41, 5.74) is 0.187. The molecule has 6 heteroatoms. The van der Waals surface area contributed by atoms with E-state index >= 15 is 0 Å². The maximum Gasteiger partial charge on any atom is 0.310 e. The van der Waals surface area contributed by atoms with Crippen LogP contribution < -0.4 is 4.74 Å². The van der Waals surface area contributed by atoms with Crippen LogP contribution in [0.5, 0.6) is 5.75 Å². The molecular formula is C10H10ClNO4. The van der Waals surface area contributed by atoms with Crippen LogP contribution in [0.3, 0.4) is 0 Å². The van der Waals surface area contributed by atoms with E-state index in [1.807, 2.05) is 0 Å². The summed E-state index contributed by atoms with van der Waals surface area (Å²) >= 11 is 5.46. The Labute approximate surface area is 97.1 Å². The van der Waals surface area contributed by atoms with Crippen molar-refractivity contribution in [3.8, 4) is 5.75 Å². The molecule has 0 spiro atoms. The van der Waals surface area contributed by atoms with E-state index in [1.165, 1.54) is 18.2 Å². The van der Waals surface area contributed by atoms with Gasteiger partial charge in [0, 0.05) is 17.5 Å². The standard InChI is InChI=1S/C10H10ClNO4/c11-4-1-5-16-10-6-8(7-13)2-3-9(10)12(14)15/h2-3,6-7H,1,4-5H2. The summed E-state index contributed by atoms with van der Waals surface area (Å²) in [6.07, 6.45) is 1.20. The molecule has 0 N–H and O–H groups in total. The van der Waals surface area contributed by atoms with Crippen LogP contribution in [0.25, 0.3) is 0 Å². The molecule has 1 aromatic rings. The quantitative estimate of drug-likeness (QED) is 0.253. The molecule has 0 saturated carbocycles. The fraction of sp³-hybridized carbons (Fsp3) is 0.300. The summed E-state index contributed by atoms with van der Waals surface area (Å²) in [6, 6.07) is 3.97. The molecule has 0 aliphatic carbocycles. The summed E-state index contributed by atoms with van der Waals surface area (Å²) in [5, 5.41) is 10.7. The third-order valence-electron chi connectivity index (χ3n) is 1.85. The average molecular weight is 244 g/mol. The van der Waals surface area contributed by atoms with Crippen molar-refractivity contribution in [1.82, 2.24) is 0 Å². The van der Waals surface area contributed by atoms with E-state index in [4.69, 9.17) is 16.3 Å². The Hall–Kier alpha value is -1.62. The lowest BCUT2D eigenvalue weighted by Crippen LogP contribution is -2.01. The number of nitro groups is 1. The monoisotopic (exact) mass is 243 g/mol. The lowest BCUT2D eigenvalue weighted by atomic mass is 10.2. The number of hydrogen-bond acceptors (Lipinski definition) is 4. The first kappa shape index (κ1) is 12.4. The zero-order valence-electron chi connectivity index (χ0n) is 8.39. The minimum Gasteiger partial charge on any atom is -0.487 e. The maximum atomic E-state index is 10.7. The van der Waals surface area contributed by atoms with Crippen molar-refractivity contribution in [1.29, 1.82) is 0 Å². The Kier molecular flexibility index (Phi) is 4.72. The van der Waals surface area contributed by atoms with Crippen LogP contribution in [0.15, 0.2) is 18.2 Å². The number of nitrogens with zero attached hydrogens (tertiary/aromatic N) is 1. The van der Waals surface area contributed by atoms with Crippen LogP contribution in [-0.2, 0) is 0 Å². The highest BCUT2D eigenvalue weighted by Gasteiger charge is 2.15. The smallest absolute Gasteiger partial charge is 0.310 e. The Morgan fingerprint density at radius 1 is 1.50 bits per heavy atom. The Morgan fingerprint density at radius 3 is 2.81 bits per heavy atom. The fourth-order valence-corrected chi connectivity index (χ4v) is 1.22. The summed E-state index contributed by atoms with van der Waals surface area (Å²) in [4.78, 5) is 20.6. The molecule has 0 aliphatic rings. The molecule has 1 aromatic carbocycles. The molecule has 0 aliphatic heterocycles. The molecule has 0 fully saturated rings. The minimum atomic E-state index is -0.551. The van der Waals surface area contributed by atoms with Crippen LogP contribution in [0.1, 0.15) is 16.8 Å². The van der Waals surface area contributed by atoms with Crippen molar-refractivity contribution in [2.75, 3.05) is 12.5 Å². The normalized spacial score (nSPS) is 9.81. The predicted molar refractivity (Wildman–Crippen MR) is 59.3 cm³/mol. The zero-order valence-corrected chi connectivity index (χ0v) is 9.14. The largest absolute Gasteiger partial charge is 0.487 e. The maximum absolute atomic E-state index is 10.7. The van der Waals surface area contributed by atoms with Crippen molar-refractivity contribution >= 4 is 23.6 Å². The van der Waals surface area contributed by atoms with Gasteiger partial charge in [0.25, 0.3) is 0 Å². The second-order valence-corrected chi connectivity index (χ2v) is 3.37. The molecule has 1 rings (SSSR count). The highest BCUT2D eigenvalue weighted by atomic mass is 35.5. The van der Waals surface area contributed by atoms with E-state index in [-0.39, 0.29) is 18.0 Å². The molecule has 0 unspecified atom stereocenters. The minimum absolute atomic E-state index is 0.0970. The van der Waals surface area contributed by atoms with Crippen LogP contribution in [-0.4, -0.2) is 23.7 Å². The molecule has 0 amide bonds.